The fourth-order valence-corrected chi connectivity index (χ4v) is 1.14. The number of aliphatic hydroxyl groups is 1. The predicted octanol–water partition coefficient (Wildman–Crippen LogP) is 1.74. The summed E-state index contributed by atoms with van der Waals surface area (Å²) in [6.45, 7) is 4.40. The van der Waals surface area contributed by atoms with E-state index < -0.39 is 0 Å². The predicted molar refractivity (Wildman–Crippen MR) is 64.5 cm³/mol. The SMILES string of the molecule is Cc1ccc(NC(=O)NCC(C)CO)cc1. The Bertz CT molecular complexity index is 335. The van der Waals surface area contributed by atoms with Crippen molar-refractivity contribution < 1.29 is 9.90 Å². The quantitative estimate of drug-likeness (QED) is 0.726. The molecule has 1 aromatic rings. The van der Waals surface area contributed by atoms with Crippen LogP contribution in [0.3, 0.4) is 0 Å². The first kappa shape index (κ1) is 12.5. The van der Waals surface area contributed by atoms with Crippen LogP contribution in [0.5, 0.6) is 0 Å². The molecule has 0 aromatic heterocycles. The van der Waals surface area contributed by atoms with Gasteiger partial charge < -0.3 is 15.7 Å². The first-order valence-corrected chi connectivity index (χ1v) is 5.34. The van der Waals surface area contributed by atoms with Crippen LogP contribution in [-0.4, -0.2) is 24.3 Å². The summed E-state index contributed by atoms with van der Waals surface area (Å²) in [5.74, 6) is 0.0729. The third-order valence-corrected chi connectivity index (χ3v) is 2.23. The highest BCUT2D eigenvalue weighted by Crippen LogP contribution is 2.07. The number of urea groups is 1. The van der Waals surface area contributed by atoms with Crippen molar-refractivity contribution in [3.63, 3.8) is 0 Å². The lowest BCUT2D eigenvalue weighted by Gasteiger charge is -2.10. The summed E-state index contributed by atoms with van der Waals surface area (Å²) in [5.41, 5.74) is 1.92. The van der Waals surface area contributed by atoms with Crippen LogP contribution in [0.25, 0.3) is 0 Å². The van der Waals surface area contributed by atoms with Gasteiger partial charge in [-0.25, -0.2) is 4.79 Å². The summed E-state index contributed by atoms with van der Waals surface area (Å²) >= 11 is 0. The second kappa shape index (κ2) is 6.12. The highest BCUT2D eigenvalue weighted by Gasteiger charge is 2.04. The fourth-order valence-electron chi connectivity index (χ4n) is 1.14. The molecular weight excluding hydrogens is 204 g/mol. The number of hydrogen-bond acceptors (Lipinski definition) is 2. The molecule has 0 spiro atoms. The van der Waals surface area contributed by atoms with E-state index in [9.17, 15) is 4.79 Å². The van der Waals surface area contributed by atoms with Gasteiger partial charge in [0.2, 0.25) is 0 Å². The van der Waals surface area contributed by atoms with Gasteiger partial charge in [-0.3, -0.25) is 0 Å². The van der Waals surface area contributed by atoms with Crippen molar-refractivity contribution in [2.75, 3.05) is 18.5 Å². The van der Waals surface area contributed by atoms with Gasteiger partial charge in [0.15, 0.2) is 0 Å². The Morgan fingerprint density at radius 3 is 2.56 bits per heavy atom. The molecule has 1 rings (SSSR count). The molecule has 88 valence electrons. The van der Waals surface area contributed by atoms with Gasteiger partial charge in [0.1, 0.15) is 0 Å². The number of carbonyl (C=O) groups excluding carboxylic acids is 1. The Balaban J connectivity index is 2.37. The van der Waals surface area contributed by atoms with Crippen LogP contribution in [0, 0.1) is 12.8 Å². The molecule has 0 saturated carbocycles. The molecule has 0 heterocycles. The van der Waals surface area contributed by atoms with E-state index in [1.165, 1.54) is 0 Å². The second-order valence-corrected chi connectivity index (χ2v) is 3.99. The van der Waals surface area contributed by atoms with E-state index in [1.54, 1.807) is 0 Å². The molecule has 0 bridgehead atoms. The number of carbonyl (C=O) groups is 1. The molecule has 1 unspecified atom stereocenters. The van der Waals surface area contributed by atoms with Crippen molar-refractivity contribution in [3.8, 4) is 0 Å². The number of hydrogen-bond donors (Lipinski definition) is 3. The number of nitrogens with one attached hydrogen (secondary N) is 2. The van der Waals surface area contributed by atoms with Crippen LogP contribution in [-0.2, 0) is 0 Å². The van der Waals surface area contributed by atoms with E-state index in [4.69, 9.17) is 5.11 Å². The third kappa shape index (κ3) is 4.31. The minimum atomic E-state index is -0.246. The van der Waals surface area contributed by atoms with Crippen molar-refractivity contribution in [1.29, 1.82) is 0 Å². The molecule has 4 nitrogen and oxygen atoms in total. The van der Waals surface area contributed by atoms with Gasteiger partial charge in [-0.2, -0.15) is 0 Å². The van der Waals surface area contributed by atoms with Crippen LogP contribution >= 0.6 is 0 Å². The Kier molecular flexibility index (Phi) is 4.79. The van der Waals surface area contributed by atoms with E-state index in [-0.39, 0.29) is 18.6 Å². The second-order valence-electron chi connectivity index (χ2n) is 3.99. The standard InChI is InChI=1S/C12H18N2O2/c1-9-3-5-11(6-4-9)14-12(16)13-7-10(2)8-15/h3-6,10,15H,7-8H2,1-2H3,(H2,13,14,16). The van der Waals surface area contributed by atoms with Gasteiger partial charge in [0.05, 0.1) is 0 Å². The Labute approximate surface area is 95.7 Å². The molecule has 0 fully saturated rings. The number of amides is 2. The summed E-state index contributed by atoms with van der Waals surface area (Å²) in [6, 6.07) is 7.33. The average molecular weight is 222 g/mol. The molecule has 4 heteroatoms. The smallest absolute Gasteiger partial charge is 0.319 e. The van der Waals surface area contributed by atoms with Crippen LogP contribution in [0.15, 0.2) is 24.3 Å². The molecule has 16 heavy (non-hydrogen) atoms. The van der Waals surface area contributed by atoms with E-state index in [0.717, 1.165) is 11.3 Å². The highest BCUT2D eigenvalue weighted by atomic mass is 16.3. The maximum Gasteiger partial charge on any atom is 0.319 e. The minimum Gasteiger partial charge on any atom is -0.396 e. The number of rotatable bonds is 4. The summed E-state index contributed by atoms with van der Waals surface area (Å²) < 4.78 is 0. The first-order chi connectivity index (χ1) is 7.61. The van der Waals surface area contributed by atoms with Gasteiger partial charge in [-0.1, -0.05) is 24.6 Å². The van der Waals surface area contributed by atoms with Crippen LogP contribution in [0.1, 0.15) is 12.5 Å². The van der Waals surface area contributed by atoms with E-state index >= 15 is 0 Å². The van der Waals surface area contributed by atoms with Crippen LogP contribution in [0.4, 0.5) is 10.5 Å². The maximum absolute atomic E-state index is 11.4. The molecule has 2 amide bonds. The molecule has 0 aliphatic rings. The van der Waals surface area contributed by atoms with Crippen molar-refractivity contribution in [2.24, 2.45) is 5.92 Å². The van der Waals surface area contributed by atoms with Crippen molar-refractivity contribution in [1.82, 2.24) is 5.32 Å². The largest absolute Gasteiger partial charge is 0.396 e. The number of anilines is 1. The maximum atomic E-state index is 11.4. The minimum absolute atomic E-state index is 0.0729. The van der Waals surface area contributed by atoms with Crippen molar-refractivity contribution in [2.45, 2.75) is 13.8 Å². The lowest BCUT2D eigenvalue weighted by molar-refractivity contribution is 0.227. The number of aliphatic hydroxyl groups excluding tert-OH is 1. The summed E-state index contributed by atoms with van der Waals surface area (Å²) in [4.78, 5) is 11.4. The zero-order chi connectivity index (χ0) is 12.0. The molecule has 0 aliphatic heterocycles. The molecule has 1 aromatic carbocycles. The summed E-state index contributed by atoms with van der Waals surface area (Å²) in [5, 5.41) is 14.2. The average Bonchev–Trinajstić information content (AvgIpc) is 2.29. The highest BCUT2D eigenvalue weighted by molar-refractivity contribution is 5.89. The Hall–Kier alpha value is -1.55. The molecule has 1 atom stereocenters. The van der Waals surface area contributed by atoms with Gasteiger partial charge in [0, 0.05) is 18.8 Å². The van der Waals surface area contributed by atoms with E-state index in [2.05, 4.69) is 10.6 Å². The lowest BCUT2D eigenvalue weighted by Crippen LogP contribution is -2.33. The molecule has 0 aliphatic carbocycles. The normalized spacial score (nSPS) is 11.9. The molecular formula is C12H18N2O2. The topological polar surface area (TPSA) is 61.4 Å². The Morgan fingerprint density at radius 2 is 2.00 bits per heavy atom. The number of aryl methyl sites for hydroxylation is 1. The van der Waals surface area contributed by atoms with E-state index in [1.807, 2.05) is 38.1 Å². The third-order valence-electron chi connectivity index (χ3n) is 2.23. The molecule has 0 radical (unpaired) electrons. The molecule has 0 saturated heterocycles. The Morgan fingerprint density at radius 1 is 1.38 bits per heavy atom. The summed E-state index contributed by atoms with van der Waals surface area (Å²) in [7, 11) is 0. The van der Waals surface area contributed by atoms with Crippen LogP contribution in [0.2, 0.25) is 0 Å². The van der Waals surface area contributed by atoms with Gasteiger partial charge in [0.25, 0.3) is 0 Å². The first-order valence-electron chi connectivity index (χ1n) is 5.34. The fraction of sp³-hybridized carbons (Fsp3) is 0.417. The summed E-state index contributed by atoms with van der Waals surface area (Å²) in [6.07, 6.45) is 0. The van der Waals surface area contributed by atoms with Gasteiger partial charge in [-0.15, -0.1) is 0 Å². The lowest BCUT2D eigenvalue weighted by atomic mass is 10.2. The van der Waals surface area contributed by atoms with Crippen molar-refractivity contribution >= 4 is 11.7 Å². The zero-order valence-electron chi connectivity index (χ0n) is 9.66. The monoisotopic (exact) mass is 222 g/mol. The molecule has 3 N–H and O–H groups in total. The van der Waals surface area contributed by atoms with Gasteiger partial charge >= 0.3 is 6.03 Å². The van der Waals surface area contributed by atoms with Gasteiger partial charge in [-0.05, 0) is 25.0 Å². The zero-order valence-corrected chi connectivity index (χ0v) is 9.66. The van der Waals surface area contributed by atoms with E-state index in [0.29, 0.717) is 6.54 Å². The van der Waals surface area contributed by atoms with Crippen molar-refractivity contribution in [3.05, 3.63) is 29.8 Å². The number of benzene rings is 1. The van der Waals surface area contributed by atoms with Crippen LogP contribution < -0.4 is 10.6 Å².